The van der Waals surface area contributed by atoms with Crippen molar-refractivity contribution in [2.75, 3.05) is 0 Å². The van der Waals surface area contributed by atoms with Crippen LogP contribution in [0, 0.1) is 0 Å². The van der Waals surface area contributed by atoms with Gasteiger partial charge in [0.1, 0.15) is 0 Å². The molecule has 2 heteroatoms. The maximum absolute atomic E-state index is 5.99. The molecule has 2 N–H and O–H groups in total. The van der Waals surface area contributed by atoms with Gasteiger partial charge in [0, 0.05) is 6.04 Å². The van der Waals surface area contributed by atoms with E-state index in [1.807, 2.05) is 6.07 Å². The van der Waals surface area contributed by atoms with Crippen LogP contribution < -0.4 is 5.73 Å². The number of benzene rings is 1. The van der Waals surface area contributed by atoms with E-state index in [0.29, 0.717) is 6.04 Å². The summed E-state index contributed by atoms with van der Waals surface area (Å²) < 4.78 is 0. The molecule has 1 atom stereocenters. The van der Waals surface area contributed by atoms with Crippen LogP contribution in [0.4, 0.5) is 0 Å². The van der Waals surface area contributed by atoms with Crippen LogP contribution >= 0.6 is 12.4 Å². The van der Waals surface area contributed by atoms with Crippen LogP contribution in [0.15, 0.2) is 30.3 Å². The van der Waals surface area contributed by atoms with Gasteiger partial charge in [0.25, 0.3) is 0 Å². The molecule has 0 spiro atoms. The summed E-state index contributed by atoms with van der Waals surface area (Å²) in [5, 5.41) is 0. The highest BCUT2D eigenvalue weighted by atomic mass is 35.5. The topological polar surface area (TPSA) is 26.0 Å². The van der Waals surface area contributed by atoms with Crippen molar-refractivity contribution in [2.24, 2.45) is 5.73 Å². The molecule has 0 saturated heterocycles. The first-order valence-corrected chi connectivity index (χ1v) is 5.12. The zero-order valence-electron chi connectivity index (χ0n) is 8.78. The molecule has 0 fully saturated rings. The molecule has 14 heavy (non-hydrogen) atoms. The maximum Gasteiger partial charge on any atom is 0.00793 e. The number of hydrogen-bond acceptors (Lipinski definition) is 1. The lowest BCUT2D eigenvalue weighted by molar-refractivity contribution is 0.574. The van der Waals surface area contributed by atoms with Gasteiger partial charge < -0.3 is 5.73 Å². The Hall–Kier alpha value is -0.530. The van der Waals surface area contributed by atoms with Gasteiger partial charge in [-0.1, -0.05) is 50.1 Å². The van der Waals surface area contributed by atoms with E-state index in [4.69, 9.17) is 5.73 Å². The first kappa shape index (κ1) is 13.5. The van der Waals surface area contributed by atoms with E-state index in [1.165, 1.54) is 18.4 Å². The van der Waals surface area contributed by atoms with Crippen LogP contribution in [-0.4, -0.2) is 6.04 Å². The van der Waals surface area contributed by atoms with Gasteiger partial charge in [-0.25, -0.2) is 0 Å². The summed E-state index contributed by atoms with van der Waals surface area (Å²) in [6, 6.07) is 10.8. The summed E-state index contributed by atoms with van der Waals surface area (Å²) in [6.07, 6.45) is 4.64. The molecule has 0 aromatic heterocycles. The number of hydrogen-bond donors (Lipinski definition) is 1. The van der Waals surface area contributed by atoms with Crippen molar-refractivity contribution in [1.29, 1.82) is 0 Å². The Kier molecular flexibility index (Phi) is 7.54. The first-order valence-electron chi connectivity index (χ1n) is 5.12. The second-order valence-corrected chi connectivity index (χ2v) is 3.59. The Labute approximate surface area is 93.1 Å². The molecule has 1 aromatic carbocycles. The second kappa shape index (κ2) is 7.84. The van der Waals surface area contributed by atoms with Crippen molar-refractivity contribution in [3.63, 3.8) is 0 Å². The predicted octanol–water partition coefficient (Wildman–Crippen LogP) is 3.17. The second-order valence-electron chi connectivity index (χ2n) is 3.59. The van der Waals surface area contributed by atoms with Crippen molar-refractivity contribution < 1.29 is 0 Å². The normalized spacial score (nSPS) is 11.9. The third kappa shape index (κ3) is 5.25. The van der Waals surface area contributed by atoms with Crippen LogP contribution in [0.5, 0.6) is 0 Å². The number of halogens is 1. The lowest BCUT2D eigenvalue weighted by Crippen LogP contribution is -2.22. The minimum Gasteiger partial charge on any atom is -0.327 e. The van der Waals surface area contributed by atoms with Gasteiger partial charge in [-0.3, -0.25) is 0 Å². The third-order valence-corrected chi connectivity index (χ3v) is 2.27. The van der Waals surface area contributed by atoms with E-state index in [1.54, 1.807) is 0 Å². The molecule has 1 aromatic rings. The summed E-state index contributed by atoms with van der Waals surface area (Å²) in [6.45, 7) is 2.20. The van der Waals surface area contributed by atoms with Crippen LogP contribution in [0.2, 0.25) is 0 Å². The predicted molar refractivity (Wildman–Crippen MR) is 64.9 cm³/mol. The van der Waals surface area contributed by atoms with Gasteiger partial charge in [-0.15, -0.1) is 12.4 Å². The molecule has 1 rings (SSSR count). The molecule has 0 aliphatic carbocycles. The molecule has 80 valence electrons. The Morgan fingerprint density at radius 1 is 1.21 bits per heavy atom. The molecule has 0 unspecified atom stereocenters. The fraction of sp³-hybridized carbons (Fsp3) is 0.500. The highest BCUT2D eigenvalue weighted by Crippen LogP contribution is 2.06. The van der Waals surface area contributed by atoms with Crippen molar-refractivity contribution >= 4 is 12.4 Å². The molecule has 0 radical (unpaired) electrons. The SMILES string of the molecule is CCCC[C@H](N)Cc1ccccc1.Cl. The van der Waals surface area contributed by atoms with Gasteiger partial charge in [-0.05, 0) is 18.4 Å². The Balaban J connectivity index is 0.00000169. The average Bonchev–Trinajstić information content (AvgIpc) is 2.16. The fourth-order valence-electron chi connectivity index (χ4n) is 1.49. The fourth-order valence-corrected chi connectivity index (χ4v) is 1.49. The summed E-state index contributed by atoms with van der Waals surface area (Å²) >= 11 is 0. The highest BCUT2D eigenvalue weighted by molar-refractivity contribution is 5.85. The van der Waals surface area contributed by atoms with E-state index in [9.17, 15) is 0 Å². The van der Waals surface area contributed by atoms with Crippen LogP contribution in [0.25, 0.3) is 0 Å². The van der Waals surface area contributed by atoms with E-state index in [-0.39, 0.29) is 12.4 Å². The van der Waals surface area contributed by atoms with E-state index in [0.717, 1.165) is 12.8 Å². The molecule has 0 aliphatic heterocycles. The quantitative estimate of drug-likeness (QED) is 0.799. The number of rotatable bonds is 5. The van der Waals surface area contributed by atoms with Crippen molar-refractivity contribution in [3.8, 4) is 0 Å². The Morgan fingerprint density at radius 3 is 2.43 bits per heavy atom. The first-order chi connectivity index (χ1) is 6.33. The van der Waals surface area contributed by atoms with Crippen molar-refractivity contribution in [2.45, 2.75) is 38.6 Å². The standard InChI is InChI=1S/C12H19N.ClH/c1-2-3-9-12(13)10-11-7-5-4-6-8-11;/h4-8,12H,2-3,9-10,13H2,1H3;1H/t12-;/m0./s1. The van der Waals surface area contributed by atoms with Gasteiger partial charge in [0.05, 0.1) is 0 Å². The summed E-state index contributed by atoms with van der Waals surface area (Å²) in [4.78, 5) is 0. The molecule has 0 amide bonds. The molecular weight excluding hydrogens is 194 g/mol. The van der Waals surface area contributed by atoms with Gasteiger partial charge in [0.2, 0.25) is 0 Å². The van der Waals surface area contributed by atoms with Crippen LogP contribution in [-0.2, 0) is 6.42 Å². The zero-order chi connectivity index (χ0) is 9.52. The van der Waals surface area contributed by atoms with E-state index >= 15 is 0 Å². The van der Waals surface area contributed by atoms with Crippen LogP contribution in [0.1, 0.15) is 31.7 Å². The summed E-state index contributed by atoms with van der Waals surface area (Å²) in [5.41, 5.74) is 7.34. The molecule has 0 saturated carbocycles. The minimum absolute atomic E-state index is 0. The lowest BCUT2D eigenvalue weighted by atomic mass is 10.0. The van der Waals surface area contributed by atoms with Crippen molar-refractivity contribution in [1.82, 2.24) is 0 Å². The Bertz CT molecular complexity index is 223. The molecule has 0 aliphatic rings. The summed E-state index contributed by atoms with van der Waals surface area (Å²) in [5.74, 6) is 0. The third-order valence-electron chi connectivity index (χ3n) is 2.27. The van der Waals surface area contributed by atoms with Gasteiger partial charge in [-0.2, -0.15) is 0 Å². The smallest absolute Gasteiger partial charge is 0.00793 e. The van der Waals surface area contributed by atoms with E-state index in [2.05, 4.69) is 31.2 Å². The monoisotopic (exact) mass is 213 g/mol. The average molecular weight is 214 g/mol. The largest absolute Gasteiger partial charge is 0.327 e. The van der Waals surface area contributed by atoms with Gasteiger partial charge in [0.15, 0.2) is 0 Å². The molecule has 0 heterocycles. The maximum atomic E-state index is 5.99. The molecular formula is C12H20ClN. The lowest BCUT2D eigenvalue weighted by Gasteiger charge is -2.10. The van der Waals surface area contributed by atoms with Gasteiger partial charge >= 0.3 is 0 Å². The van der Waals surface area contributed by atoms with E-state index < -0.39 is 0 Å². The number of nitrogens with two attached hydrogens (primary N) is 1. The minimum atomic E-state index is 0. The highest BCUT2D eigenvalue weighted by Gasteiger charge is 2.02. The number of unbranched alkanes of at least 4 members (excludes halogenated alkanes) is 1. The molecule has 0 bridgehead atoms. The zero-order valence-corrected chi connectivity index (χ0v) is 9.59. The summed E-state index contributed by atoms with van der Waals surface area (Å²) in [7, 11) is 0. The van der Waals surface area contributed by atoms with Crippen molar-refractivity contribution in [3.05, 3.63) is 35.9 Å². The Morgan fingerprint density at radius 2 is 1.86 bits per heavy atom. The van der Waals surface area contributed by atoms with Crippen LogP contribution in [0.3, 0.4) is 0 Å². The molecule has 1 nitrogen and oxygen atoms in total.